The molecule has 9 heteroatoms. The normalized spacial score (nSPS) is 11.2. The van der Waals surface area contributed by atoms with Crippen LogP contribution in [-0.2, 0) is 14.8 Å². The van der Waals surface area contributed by atoms with E-state index in [9.17, 15) is 13.2 Å². The minimum absolute atomic E-state index is 0.0648. The van der Waals surface area contributed by atoms with Crippen LogP contribution in [-0.4, -0.2) is 33.7 Å². The number of sulfonamides is 1. The quantitative estimate of drug-likeness (QED) is 0.265. The summed E-state index contributed by atoms with van der Waals surface area (Å²) in [5.74, 6) is 0.0763. The fraction of sp³-hybridized carbons (Fsp3) is 0.0833. The third kappa shape index (κ3) is 6.68. The summed E-state index contributed by atoms with van der Waals surface area (Å²) in [7, 11) is -4.00. The number of halogens is 1. The van der Waals surface area contributed by atoms with Gasteiger partial charge in [-0.25, -0.2) is 13.8 Å². The molecule has 0 saturated heterocycles. The fourth-order valence-corrected chi connectivity index (χ4v) is 4.36. The summed E-state index contributed by atoms with van der Waals surface area (Å²) in [4.78, 5) is 12.6. The van der Waals surface area contributed by atoms with Gasteiger partial charge in [0.15, 0.2) is 0 Å². The van der Waals surface area contributed by atoms with E-state index in [1.807, 2.05) is 0 Å². The van der Waals surface area contributed by atoms with Crippen LogP contribution in [0.3, 0.4) is 0 Å². The lowest BCUT2D eigenvalue weighted by Crippen LogP contribution is -2.39. The minimum Gasteiger partial charge on any atom is -0.490 e. The molecule has 1 N–H and O–H groups in total. The van der Waals surface area contributed by atoms with Crippen LogP contribution in [0.15, 0.2) is 102 Å². The Bertz CT molecular complexity index is 1210. The topological polar surface area (TPSA) is 88.1 Å². The van der Waals surface area contributed by atoms with Crippen LogP contribution in [0.5, 0.6) is 5.75 Å². The maximum Gasteiger partial charge on any atom is 0.264 e. The number of ether oxygens (including phenoxy) is 1. The van der Waals surface area contributed by atoms with Crippen LogP contribution in [0.1, 0.15) is 5.56 Å². The number of hydrogen-bond donors (Lipinski definition) is 1. The molecule has 3 aromatic rings. The summed E-state index contributed by atoms with van der Waals surface area (Å²) in [6.45, 7) is 3.53. The predicted molar refractivity (Wildman–Crippen MR) is 130 cm³/mol. The van der Waals surface area contributed by atoms with Gasteiger partial charge in [0.1, 0.15) is 18.9 Å². The summed E-state index contributed by atoms with van der Waals surface area (Å²) >= 11 is 5.94. The third-order valence-electron chi connectivity index (χ3n) is 4.38. The number of hydrazone groups is 1. The van der Waals surface area contributed by atoms with Crippen LogP contribution < -0.4 is 14.5 Å². The van der Waals surface area contributed by atoms with Gasteiger partial charge in [0.2, 0.25) is 0 Å². The zero-order valence-corrected chi connectivity index (χ0v) is 19.2. The van der Waals surface area contributed by atoms with Crippen molar-refractivity contribution >= 4 is 39.4 Å². The van der Waals surface area contributed by atoms with E-state index in [4.69, 9.17) is 16.3 Å². The van der Waals surface area contributed by atoms with Crippen molar-refractivity contribution in [1.82, 2.24) is 5.43 Å². The molecule has 0 unspecified atom stereocenters. The maximum absolute atomic E-state index is 13.2. The molecule has 0 spiro atoms. The van der Waals surface area contributed by atoms with Crippen molar-refractivity contribution in [2.75, 3.05) is 17.5 Å². The molecule has 0 aliphatic heterocycles. The molecule has 3 aromatic carbocycles. The van der Waals surface area contributed by atoms with Gasteiger partial charge in [-0.1, -0.05) is 42.5 Å². The van der Waals surface area contributed by atoms with Gasteiger partial charge in [-0.3, -0.25) is 9.10 Å². The molecule has 0 aliphatic rings. The predicted octanol–water partition coefficient (Wildman–Crippen LogP) is 4.25. The fourth-order valence-electron chi connectivity index (χ4n) is 2.79. The number of carbonyl (C=O) groups is 1. The van der Waals surface area contributed by atoms with Crippen molar-refractivity contribution in [2.24, 2.45) is 5.10 Å². The molecular weight excluding hydrogens is 462 g/mol. The van der Waals surface area contributed by atoms with Crippen molar-refractivity contribution < 1.29 is 17.9 Å². The lowest BCUT2D eigenvalue weighted by atomic mass is 10.2. The Morgan fingerprint density at radius 2 is 1.70 bits per heavy atom. The number of hydrogen-bond acceptors (Lipinski definition) is 5. The molecule has 0 atom stereocenters. The van der Waals surface area contributed by atoms with Crippen LogP contribution >= 0.6 is 11.6 Å². The Hall–Kier alpha value is -3.62. The number of rotatable bonds is 10. The van der Waals surface area contributed by atoms with E-state index in [1.54, 1.807) is 60.7 Å². The van der Waals surface area contributed by atoms with Gasteiger partial charge in [0.05, 0.1) is 16.8 Å². The summed E-state index contributed by atoms with van der Waals surface area (Å²) in [5, 5.41) is 4.37. The Labute approximate surface area is 198 Å². The number of benzene rings is 3. The van der Waals surface area contributed by atoms with Crippen molar-refractivity contribution in [1.29, 1.82) is 0 Å². The van der Waals surface area contributed by atoms with Gasteiger partial charge < -0.3 is 4.74 Å². The van der Waals surface area contributed by atoms with E-state index < -0.39 is 22.5 Å². The highest BCUT2D eigenvalue weighted by molar-refractivity contribution is 7.92. The molecule has 1 amide bonds. The summed E-state index contributed by atoms with van der Waals surface area (Å²) < 4.78 is 32.8. The first-order valence-electron chi connectivity index (χ1n) is 9.89. The van der Waals surface area contributed by atoms with Gasteiger partial charge >= 0.3 is 0 Å². The summed E-state index contributed by atoms with van der Waals surface area (Å²) in [6.07, 6.45) is 3.10. The first-order chi connectivity index (χ1) is 15.9. The van der Waals surface area contributed by atoms with Crippen LogP contribution in [0.2, 0.25) is 5.02 Å². The van der Waals surface area contributed by atoms with Crippen LogP contribution in [0.4, 0.5) is 5.69 Å². The molecule has 0 fully saturated rings. The number of nitrogens with zero attached hydrogens (tertiary/aromatic N) is 2. The van der Waals surface area contributed by atoms with E-state index in [2.05, 4.69) is 17.1 Å². The van der Waals surface area contributed by atoms with Gasteiger partial charge in [-0.2, -0.15) is 5.10 Å². The third-order valence-corrected chi connectivity index (χ3v) is 6.42. The minimum atomic E-state index is -4.00. The average molecular weight is 484 g/mol. The highest BCUT2D eigenvalue weighted by Crippen LogP contribution is 2.25. The molecule has 0 aromatic heterocycles. The Morgan fingerprint density at radius 3 is 2.33 bits per heavy atom. The lowest BCUT2D eigenvalue weighted by molar-refractivity contribution is -0.119. The zero-order valence-electron chi connectivity index (χ0n) is 17.6. The molecule has 170 valence electrons. The van der Waals surface area contributed by atoms with Crippen molar-refractivity contribution in [3.05, 3.63) is 102 Å². The van der Waals surface area contributed by atoms with Gasteiger partial charge in [-0.15, -0.1) is 0 Å². The number of carbonyl (C=O) groups excluding carboxylic acids is 1. The molecular formula is C24H22ClN3O4S. The average Bonchev–Trinajstić information content (AvgIpc) is 2.83. The molecule has 0 saturated carbocycles. The molecule has 33 heavy (non-hydrogen) atoms. The van der Waals surface area contributed by atoms with Gasteiger partial charge in [0.25, 0.3) is 15.9 Å². The lowest BCUT2D eigenvalue weighted by Gasteiger charge is -2.23. The summed E-state index contributed by atoms with van der Waals surface area (Å²) in [6, 6.07) is 21.1. The first kappa shape index (κ1) is 24.0. The highest BCUT2D eigenvalue weighted by Gasteiger charge is 2.27. The van der Waals surface area contributed by atoms with Gasteiger partial charge in [-0.05, 0) is 66.2 Å². The van der Waals surface area contributed by atoms with Crippen LogP contribution in [0, 0.1) is 0 Å². The second-order valence-electron chi connectivity index (χ2n) is 6.76. The standard InChI is InChI=1S/C24H22ClN3O4S/c1-2-16-32-22-14-8-19(9-15-22)17-26-27-24(29)18-28(21-12-10-20(25)11-13-21)33(30,31)23-6-4-3-5-7-23/h2-15,17H,1,16,18H2,(H,27,29)/b26-17-. The maximum atomic E-state index is 13.2. The molecule has 3 rings (SSSR count). The Balaban J connectivity index is 1.73. The van der Waals surface area contributed by atoms with Crippen molar-refractivity contribution in [3.8, 4) is 5.75 Å². The van der Waals surface area contributed by atoms with E-state index in [0.29, 0.717) is 23.1 Å². The Morgan fingerprint density at radius 1 is 1.03 bits per heavy atom. The smallest absolute Gasteiger partial charge is 0.264 e. The first-order valence-corrected chi connectivity index (χ1v) is 11.7. The van der Waals surface area contributed by atoms with E-state index in [-0.39, 0.29) is 4.90 Å². The molecule has 0 aliphatic carbocycles. The van der Waals surface area contributed by atoms with E-state index in [1.165, 1.54) is 30.5 Å². The van der Waals surface area contributed by atoms with Gasteiger partial charge in [0, 0.05) is 5.02 Å². The van der Waals surface area contributed by atoms with E-state index >= 15 is 0 Å². The van der Waals surface area contributed by atoms with Crippen molar-refractivity contribution in [3.63, 3.8) is 0 Å². The second kappa shape index (κ2) is 11.3. The van der Waals surface area contributed by atoms with E-state index in [0.717, 1.165) is 9.87 Å². The second-order valence-corrected chi connectivity index (χ2v) is 9.06. The highest BCUT2D eigenvalue weighted by atomic mass is 35.5. The Kier molecular flexibility index (Phi) is 8.23. The monoisotopic (exact) mass is 483 g/mol. The van der Waals surface area contributed by atoms with Crippen LogP contribution in [0.25, 0.3) is 0 Å². The number of amides is 1. The molecule has 0 heterocycles. The number of nitrogens with one attached hydrogen (secondary N) is 1. The zero-order chi connectivity index (χ0) is 23.7. The van der Waals surface area contributed by atoms with Crippen molar-refractivity contribution in [2.45, 2.75) is 4.90 Å². The summed E-state index contributed by atoms with van der Waals surface area (Å²) in [5.41, 5.74) is 3.40. The molecule has 7 nitrogen and oxygen atoms in total. The largest absolute Gasteiger partial charge is 0.490 e. The molecule has 0 bridgehead atoms. The molecule has 0 radical (unpaired) electrons. The SMILES string of the molecule is C=CCOc1ccc(/C=N\NC(=O)CN(c2ccc(Cl)cc2)S(=O)(=O)c2ccccc2)cc1. The number of anilines is 1.